The van der Waals surface area contributed by atoms with Crippen molar-refractivity contribution in [3.8, 4) is 11.5 Å². The molecule has 0 saturated heterocycles. The van der Waals surface area contributed by atoms with E-state index in [2.05, 4.69) is 10.3 Å². The quantitative estimate of drug-likeness (QED) is 0.812. The lowest BCUT2D eigenvalue weighted by atomic mass is 10.2. The van der Waals surface area contributed by atoms with Crippen molar-refractivity contribution in [3.05, 3.63) is 40.4 Å². The van der Waals surface area contributed by atoms with Gasteiger partial charge < -0.3 is 9.47 Å². The maximum Gasteiger partial charge on any atom is 0.250 e. The van der Waals surface area contributed by atoms with Gasteiger partial charge in [-0.25, -0.2) is 4.98 Å². The lowest BCUT2D eigenvalue weighted by molar-refractivity contribution is -0.111. The average Bonchev–Trinajstić information content (AvgIpc) is 2.98. The van der Waals surface area contributed by atoms with Crippen LogP contribution in [0.3, 0.4) is 0 Å². The lowest BCUT2D eigenvalue weighted by Crippen LogP contribution is -2.07. The topological polar surface area (TPSA) is 60.5 Å². The number of ether oxygens (including phenoxy) is 2. The number of amides is 1. The van der Waals surface area contributed by atoms with Crippen molar-refractivity contribution < 1.29 is 14.3 Å². The zero-order chi connectivity index (χ0) is 15.9. The molecule has 1 heterocycles. The van der Waals surface area contributed by atoms with E-state index < -0.39 is 0 Å². The van der Waals surface area contributed by atoms with E-state index in [1.54, 1.807) is 29.8 Å². The summed E-state index contributed by atoms with van der Waals surface area (Å²) in [5, 5.41) is 5.43. The Labute approximate surface area is 137 Å². The molecule has 1 aromatic carbocycles. The monoisotopic (exact) mass is 338 g/mol. The fourth-order valence-electron chi connectivity index (χ4n) is 1.75. The molecule has 7 heteroatoms. The number of hydrogen-bond donors (Lipinski definition) is 1. The van der Waals surface area contributed by atoms with Gasteiger partial charge in [-0.15, -0.1) is 11.3 Å². The molecule has 0 spiro atoms. The van der Waals surface area contributed by atoms with Crippen LogP contribution in [0.5, 0.6) is 11.5 Å². The number of halogens is 1. The van der Waals surface area contributed by atoms with Crippen LogP contribution in [0.4, 0.5) is 5.13 Å². The van der Waals surface area contributed by atoms with Crippen molar-refractivity contribution in [3.63, 3.8) is 0 Å². The van der Waals surface area contributed by atoms with Gasteiger partial charge in [-0.2, -0.15) is 0 Å². The zero-order valence-electron chi connectivity index (χ0n) is 12.1. The predicted octanol–water partition coefficient (Wildman–Crippen LogP) is 3.86. The summed E-state index contributed by atoms with van der Waals surface area (Å²) in [6.45, 7) is 2.36. The molecule has 0 aliphatic heterocycles. The summed E-state index contributed by atoms with van der Waals surface area (Å²) in [5.74, 6) is 0.755. The highest BCUT2D eigenvalue weighted by molar-refractivity contribution is 7.13. The van der Waals surface area contributed by atoms with Gasteiger partial charge in [0.15, 0.2) is 16.6 Å². The molecule has 0 bridgehead atoms. The summed E-state index contributed by atoms with van der Waals surface area (Å²) in [7, 11) is 1.53. The number of carbonyl (C=O) groups is 1. The van der Waals surface area contributed by atoms with Gasteiger partial charge in [-0.05, 0) is 30.7 Å². The van der Waals surface area contributed by atoms with Crippen LogP contribution in [0.2, 0.25) is 5.02 Å². The maximum atomic E-state index is 11.8. The number of nitrogens with zero attached hydrogens (tertiary/aromatic N) is 1. The summed E-state index contributed by atoms with van der Waals surface area (Å²) < 4.78 is 10.7. The number of anilines is 1. The predicted molar refractivity (Wildman–Crippen MR) is 89.0 cm³/mol. The standard InChI is InChI=1S/C15H15ClN2O3S/c1-3-21-12-9-10(8-11(16)14(12)20-2)4-5-13(19)18-15-17-6-7-22-15/h4-9H,3H2,1-2H3,(H,17,18,19)/b5-4+. The molecule has 0 aliphatic carbocycles. The molecule has 116 valence electrons. The molecule has 0 fully saturated rings. The van der Waals surface area contributed by atoms with Crippen molar-refractivity contribution in [2.24, 2.45) is 0 Å². The van der Waals surface area contributed by atoms with E-state index in [0.717, 1.165) is 5.56 Å². The van der Waals surface area contributed by atoms with Gasteiger partial charge in [0.25, 0.3) is 0 Å². The van der Waals surface area contributed by atoms with Gasteiger partial charge in [0.1, 0.15) is 0 Å². The number of rotatable bonds is 6. The molecule has 22 heavy (non-hydrogen) atoms. The maximum absolute atomic E-state index is 11.8. The Morgan fingerprint density at radius 1 is 1.50 bits per heavy atom. The van der Waals surface area contributed by atoms with Gasteiger partial charge in [-0.3, -0.25) is 10.1 Å². The van der Waals surface area contributed by atoms with Crippen molar-refractivity contribution in [1.29, 1.82) is 0 Å². The third kappa shape index (κ3) is 4.22. The fourth-order valence-corrected chi connectivity index (χ4v) is 2.58. The van der Waals surface area contributed by atoms with Crippen LogP contribution in [0.15, 0.2) is 29.8 Å². The average molecular weight is 339 g/mol. The van der Waals surface area contributed by atoms with Crippen molar-refractivity contribution in [2.45, 2.75) is 6.92 Å². The van der Waals surface area contributed by atoms with E-state index in [-0.39, 0.29) is 5.91 Å². The van der Waals surface area contributed by atoms with Crippen LogP contribution < -0.4 is 14.8 Å². The molecule has 0 atom stereocenters. The Bertz CT molecular complexity index is 672. The number of carbonyl (C=O) groups excluding carboxylic acids is 1. The fraction of sp³-hybridized carbons (Fsp3) is 0.200. The van der Waals surface area contributed by atoms with Gasteiger partial charge >= 0.3 is 0 Å². The summed E-state index contributed by atoms with van der Waals surface area (Å²) in [4.78, 5) is 15.8. The Hall–Kier alpha value is -2.05. The van der Waals surface area contributed by atoms with E-state index in [9.17, 15) is 4.79 Å². The third-order valence-electron chi connectivity index (χ3n) is 2.63. The molecule has 1 N–H and O–H groups in total. The molecule has 2 aromatic rings. The first-order valence-corrected chi connectivity index (χ1v) is 7.78. The second kappa shape index (κ2) is 7.82. The van der Waals surface area contributed by atoms with Crippen LogP contribution in [0.1, 0.15) is 12.5 Å². The molecular weight excluding hydrogens is 324 g/mol. The zero-order valence-corrected chi connectivity index (χ0v) is 13.7. The first-order chi connectivity index (χ1) is 10.6. The second-order valence-corrected chi connectivity index (χ2v) is 5.43. The first kappa shape index (κ1) is 16.3. The minimum atomic E-state index is -0.264. The molecule has 1 aromatic heterocycles. The Morgan fingerprint density at radius 2 is 2.32 bits per heavy atom. The lowest BCUT2D eigenvalue weighted by Gasteiger charge is -2.11. The Kier molecular flexibility index (Phi) is 5.80. The summed E-state index contributed by atoms with van der Waals surface area (Å²) in [5.41, 5.74) is 0.739. The van der Waals surface area contributed by atoms with Crippen LogP contribution in [-0.2, 0) is 4.79 Å². The van der Waals surface area contributed by atoms with E-state index in [1.807, 2.05) is 6.92 Å². The summed E-state index contributed by atoms with van der Waals surface area (Å²) in [6.07, 6.45) is 4.69. The summed E-state index contributed by atoms with van der Waals surface area (Å²) >= 11 is 7.51. The Balaban J connectivity index is 2.14. The normalized spacial score (nSPS) is 10.7. The van der Waals surface area contributed by atoms with Crippen LogP contribution >= 0.6 is 22.9 Å². The molecule has 0 saturated carbocycles. The number of methoxy groups -OCH3 is 1. The third-order valence-corrected chi connectivity index (χ3v) is 3.59. The van der Waals surface area contributed by atoms with Gasteiger partial charge in [-0.1, -0.05) is 11.6 Å². The number of benzene rings is 1. The van der Waals surface area contributed by atoms with Crippen LogP contribution in [0, 0.1) is 0 Å². The van der Waals surface area contributed by atoms with Crippen molar-refractivity contribution >= 4 is 40.1 Å². The molecule has 0 unspecified atom stereocenters. The Morgan fingerprint density at radius 3 is 2.95 bits per heavy atom. The van der Waals surface area contributed by atoms with Crippen molar-refractivity contribution in [2.75, 3.05) is 19.0 Å². The second-order valence-electron chi connectivity index (χ2n) is 4.13. The van der Waals surface area contributed by atoms with E-state index >= 15 is 0 Å². The largest absolute Gasteiger partial charge is 0.491 e. The summed E-state index contributed by atoms with van der Waals surface area (Å²) in [6, 6.07) is 3.47. The molecule has 2 rings (SSSR count). The molecule has 1 amide bonds. The van der Waals surface area contributed by atoms with Crippen LogP contribution in [-0.4, -0.2) is 24.6 Å². The van der Waals surface area contributed by atoms with E-state index in [0.29, 0.717) is 28.3 Å². The smallest absolute Gasteiger partial charge is 0.250 e. The van der Waals surface area contributed by atoms with Crippen LogP contribution in [0.25, 0.3) is 6.08 Å². The highest BCUT2D eigenvalue weighted by atomic mass is 35.5. The van der Waals surface area contributed by atoms with Gasteiger partial charge in [0, 0.05) is 17.7 Å². The minimum Gasteiger partial charge on any atom is -0.491 e. The molecule has 0 radical (unpaired) electrons. The molecular formula is C15H15ClN2O3S. The minimum absolute atomic E-state index is 0.264. The molecule has 0 aliphatic rings. The van der Waals surface area contributed by atoms with Crippen molar-refractivity contribution in [1.82, 2.24) is 4.98 Å². The van der Waals surface area contributed by atoms with E-state index in [4.69, 9.17) is 21.1 Å². The number of thiazole rings is 1. The number of nitrogens with one attached hydrogen (secondary N) is 1. The van der Waals surface area contributed by atoms with Gasteiger partial charge in [0.2, 0.25) is 5.91 Å². The highest BCUT2D eigenvalue weighted by Crippen LogP contribution is 2.36. The number of hydrogen-bond acceptors (Lipinski definition) is 5. The first-order valence-electron chi connectivity index (χ1n) is 6.53. The van der Waals surface area contributed by atoms with E-state index in [1.165, 1.54) is 24.5 Å². The van der Waals surface area contributed by atoms with Gasteiger partial charge in [0.05, 0.1) is 18.7 Å². The number of aromatic nitrogens is 1. The highest BCUT2D eigenvalue weighted by Gasteiger charge is 2.10. The molecule has 5 nitrogen and oxygen atoms in total. The SMILES string of the molecule is CCOc1cc(/C=C/C(=O)Nc2nccs2)cc(Cl)c1OC.